The Hall–Kier alpha value is -1.01. The van der Waals surface area contributed by atoms with Gasteiger partial charge in [0.25, 0.3) is 10.1 Å². The summed E-state index contributed by atoms with van der Waals surface area (Å²) in [6.07, 6.45) is 1.42. The number of aromatic nitrogens is 2. The zero-order valence-corrected chi connectivity index (χ0v) is 6.32. The van der Waals surface area contributed by atoms with E-state index < -0.39 is 15.9 Å². The second kappa shape index (κ2) is 2.93. The van der Waals surface area contributed by atoms with Gasteiger partial charge in [-0.05, 0) is 12.1 Å². The second-order valence-corrected chi connectivity index (χ2v) is 3.39. The van der Waals surface area contributed by atoms with Gasteiger partial charge in [-0.15, -0.1) is 0 Å². The summed E-state index contributed by atoms with van der Waals surface area (Å²) >= 11 is 0. The number of rotatable bonds is 2. The van der Waals surface area contributed by atoms with Crippen molar-refractivity contribution in [3.8, 4) is 0 Å². The predicted molar refractivity (Wildman–Crippen MR) is 37.3 cm³/mol. The molecule has 1 aromatic heterocycles. The van der Waals surface area contributed by atoms with Gasteiger partial charge in [0.15, 0.2) is 0 Å². The molecule has 0 saturated carbocycles. The third-order valence-electron chi connectivity index (χ3n) is 0.958. The first-order valence-corrected chi connectivity index (χ1v) is 4.40. The Morgan fingerprint density at radius 1 is 1.55 bits per heavy atom. The van der Waals surface area contributed by atoms with Crippen LogP contribution in [0.1, 0.15) is 5.69 Å². The summed E-state index contributed by atoms with van der Waals surface area (Å²) in [6, 6.07) is 3.02. The van der Waals surface area contributed by atoms with Crippen molar-refractivity contribution in [2.24, 2.45) is 0 Å². The van der Waals surface area contributed by atoms with E-state index in [0.29, 0.717) is 0 Å². The molecule has 0 aromatic carbocycles. The van der Waals surface area contributed by atoms with Crippen molar-refractivity contribution in [1.82, 2.24) is 10.2 Å². The molecular weight excluding hydrogens is 168 g/mol. The summed E-state index contributed by atoms with van der Waals surface area (Å²) in [6.45, 7) is 0. The fourth-order valence-corrected chi connectivity index (χ4v) is 1.13. The van der Waals surface area contributed by atoms with E-state index in [1.165, 1.54) is 12.3 Å². The topological polar surface area (TPSA) is 80.2 Å². The Labute approximate surface area is 63.8 Å². The molecule has 1 aromatic rings. The zero-order chi connectivity index (χ0) is 8.32. The van der Waals surface area contributed by atoms with Crippen LogP contribution in [0, 0.1) is 0 Å². The molecule has 1 rings (SSSR count). The molecule has 1 heterocycles. The number of hydrogen-bond donors (Lipinski definition) is 1. The quantitative estimate of drug-likeness (QED) is 0.631. The van der Waals surface area contributed by atoms with Crippen molar-refractivity contribution >= 4 is 10.1 Å². The smallest absolute Gasteiger partial charge is 0.270 e. The van der Waals surface area contributed by atoms with Crippen LogP contribution >= 0.6 is 0 Å². The standard InChI is InChI=1S/C5H6N2O3S/c8-11(9,10)4-5-2-1-3-6-7-5/h1-3H,4H2,(H,8,9,10). The molecule has 1 N–H and O–H groups in total. The molecule has 0 amide bonds. The molecule has 0 aliphatic rings. The van der Waals surface area contributed by atoms with Crippen molar-refractivity contribution in [2.75, 3.05) is 0 Å². The van der Waals surface area contributed by atoms with Crippen LogP contribution in [0.3, 0.4) is 0 Å². The van der Waals surface area contributed by atoms with Gasteiger partial charge in [0.05, 0.1) is 5.69 Å². The van der Waals surface area contributed by atoms with E-state index in [-0.39, 0.29) is 5.69 Å². The molecule has 6 heteroatoms. The first kappa shape index (κ1) is 8.09. The number of nitrogens with zero attached hydrogens (tertiary/aromatic N) is 2. The third kappa shape index (κ3) is 3.06. The van der Waals surface area contributed by atoms with E-state index >= 15 is 0 Å². The van der Waals surface area contributed by atoms with Crippen LogP contribution in [0.15, 0.2) is 18.3 Å². The average molecular weight is 174 g/mol. The lowest BCUT2D eigenvalue weighted by molar-refractivity contribution is 0.481. The van der Waals surface area contributed by atoms with Crippen LogP contribution in [0.5, 0.6) is 0 Å². The summed E-state index contributed by atoms with van der Waals surface area (Å²) in [5.41, 5.74) is 0.231. The van der Waals surface area contributed by atoms with Crippen molar-refractivity contribution in [3.63, 3.8) is 0 Å². The molecule has 0 bridgehead atoms. The monoisotopic (exact) mass is 174 g/mol. The molecule has 0 atom stereocenters. The molecule has 60 valence electrons. The SMILES string of the molecule is O=S(=O)(O)Cc1cccnn1. The second-order valence-electron chi connectivity index (χ2n) is 1.94. The van der Waals surface area contributed by atoms with Crippen LogP contribution in [0.4, 0.5) is 0 Å². The molecule has 0 aliphatic carbocycles. The maximum atomic E-state index is 10.3. The molecule has 0 spiro atoms. The highest BCUT2D eigenvalue weighted by atomic mass is 32.2. The normalized spacial score (nSPS) is 11.4. The summed E-state index contributed by atoms with van der Waals surface area (Å²) < 4.78 is 29.0. The van der Waals surface area contributed by atoms with Gasteiger partial charge < -0.3 is 0 Å². The summed E-state index contributed by atoms with van der Waals surface area (Å²) in [7, 11) is -3.98. The Balaban J connectivity index is 2.82. The van der Waals surface area contributed by atoms with Crippen LogP contribution in [-0.4, -0.2) is 23.2 Å². The lowest BCUT2D eigenvalue weighted by Crippen LogP contribution is -2.03. The Morgan fingerprint density at radius 3 is 2.73 bits per heavy atom. The minimum absolute atomic E-state index is 0.231. The molecule has 0 radical (unpaired) electrons. The Bertz CT molecular complexity index is 321. The third-order valence-corrected chi connectivity index (χ3v) is 1.62. The van der Waals surface area contributed by atoms with Crippen LogP contribution in [0.25, 0.3) is 0 Å². The van der Waals surface area contributed by atoms with Gasteiger partial charge in [0.1, 0.15) is 5.75 Å². The maximum Gasteiger partial charge on any atom is 0.270 e. The summed E-state index contributed by atoms with van der Waals surface area (Å²) in [5.74, 6) is -0.485. The fourth-order valence-electron chi connectivity index (χ4n) is 0.597. The molecule has 11 heavy (non-hydrogen) atoms. The van der Waals surface area contributed by atoms with Crippen molar-refractivity contribution < 1.29 is 13.0 Å². The van der Waals surface area contributed by atoms with E-state index in [1.54, 1.807) is 6.07 Å². The minimum atomic E-state index is -3.98. The molecular formula is C5H6N2O3S. The lowest BCUT2D eigenvalue weighted by Gasteiger charge is -1.93. The average Bonchev–Trinajstić information content (AvgIpc) is 1.85. The van der Waals surface area contributed by atoms with Gasteiger partial charge in [-0.25, -0.2) is 0 Å². The van der Waals surface area contributed by atoms with Crippen LogP contribution in [-0.2, 0) is 15.9 Å². The van der Waals surface area contributed by atoms with Crippen molar-refractivity contribution in [3.05, 3.63) is 24.0 Å². The van der Waals surface area contributed by atoms with E-state index in [1.807, 2.05) is 0 Å². The van der Waals surface area contributed by atoms with E-state index in [4.69, 9.17) is 4.55 Å². The van der Waals surface area contributed by atoms with Gasteiger partial charge >= 0.3 is 0 Å². The summed E-state index contributed by atoms with van der Waals surface area (Å²) in [4.78, 5) is 0. The summed E-state index contributed by atoms with van der Waals surface area (Å²) in [5, 5.41) is 6.92. The maximum absolute atomic E-state index is 10.3. The zero-order valence-electron chi connectivity index (χ0n) is 5.51. The van der Waals surface area contributed by atoms with Gasteiger partial charge in [0, 0.05) is 6.20 Å². The molecule has 0 fully saturated rings. The molecule has 0 saturated heterocycles. The lowest BCUT2D eigenvalue weighted by atomic mass is 10.4. The predicted octanol–water partition coefficient (Wildman–Crippen LogP) is -0.136. The Kier molecular flexibility index (Phi) is 2.16. The van der Waals surface area contributed by atoms with E-state index in [0.717, 1.165) is 0 Å². The van der Waals surface area contributed by atoms with Gasteiger partial charge in [-0.2, -0.15) is 18.6 Å². The number of hydrogen-bond acceptors (Lipinski definition) is 4. The highest BCUT2D eigenvalue weighted by Crippen LogP contribution is 1.97. The highest BCUT2D eigenvalue weighted by molar-refractivity contribution is 7.84. The molecule has 5 nitrogen and oxygen atoms in total. The van der Waals surface area contributed by atoms with Crippen molar-refractivity contribution in [2.45, 2.75) is 5.75 Å². The highest BCUT2D eigenvalue weighted by Gasteiger charge is 2.06. The van der Waals surface area contributed by atoms with Crippen molar-refractivity contribution in [1.29, 1.82) is 0 Å². The van der Waals surface area contributed by atoms with Crippen LogP contribution in [0.2, 0.25) is 0 Å². The molecule has 0 unspecified atom stereocenters. The van der Waals surface area contributed by atoms with Crippen LogP contribution < -0.4 is 0 Å². The van der Waals surface area contributed by atoms with E-state index in [9.17, 15) is 8.42 Å². The molecule has 0 aliphatic heterocycles. The van der Waals surface area contributed by atoms with Gasteiger partial charge in [-0.1, -0.05) is 0 Å². The van der Waals surface area contributed by atoms with Gasteiger partial charge in [0.2, 0.25) is 0 Å². The van der Waals surface area contributed by atoms with E-state index in [2.05, 4.69) is 10.2 Å². The Morgan fingerprint density at radius 2 is 2.27 bits per heavy atom. The fraction of sp³-hybridized carbons (Fsp3) is 0.200. The minimum Gasteiger partial charge on any atom is -0.285 e. The van der Waals surface area contributed by atoms with Gasteiger partial charge in [-0.3, -0.25) is 4.55 Å². The first-order chi connectivity index (χ1) is 5.08. The first-order valence-electron chi connectivity index (χ1n) is 2.80. The largest absolute Gasteiger partial charge is 0.285 e.